The Balaban J connectivity index is 1.54. The van der Waals surface area contributed by atoms with E-state index in [0.717, 1.165) is 17.7 Å². The number of rotatable bonds is 6. The first kappa shape index (κ1) is 24.0. The standard InChI is InChI=1S/C22H23F3N4O4/c1-15-3-2-4-16(13-15)21(31)26-8-7-20(30)28-11-9-27(10-12-28)18-6-5-17(22(23,24)25)14-19(18)29(32)33/h2-6,13-14H,7-12H2,1H3,(H,26,31). The lowest BCUT2D eigenvalue weighted by Crippen LogP contribution is -2.49. The summed E-state index contributed by atoms with van der Waals surface area (Å²) >= 11 is 0. The second-order valence-corrected chi connectivity index (χ2v) is 7.70. The maximum atomic E-state index is 12.9. The van der Waals surface area contributed by atoms with Gasteiger partial charge in [0.15, 0.2) is 0 Å². The Morgan fingerprint density at radius 2 is 1.79 bits per heavy atom. The van der Waals surface area contributed by atoms with E-state index in [1.807, 2.05) is 13.0 Å². The van der Waals surface area contributed by atoms with E-state index < -0.39 is 22.4 Å². The smallest absolute Gasteiger partial charge is 0.362 e. The zero-order valence-corrected chi connectivity index (χ0v) is 17.9. The second-order valence-electron chi connectivity index (χ2n) is 7.70. The molecule has 1 aliphatic heterocycles. The number of amides is 2. The molecule has 0 aliphatic carbocycles. The molecule has 1 aliphatic rings. The molecule has 8 nitrogen and oxygen atoms in total. The molecule has 1 saturated heterocycles. The molecule has 0 atom stereocenters. The van der Waals surface area contributed by atoms with Crippen molar-refractivity contribution in [2.45, 2.75) is 19.5 Å². The van der Waals surface area contributed by atoms with Crippen molar-refractivity contribution in [1.82, 2.24) is 10.2 Å². The molecule has 0 radical (unpaired) electrons. The largest absolute Gasteiger partial charge is 0.416 e. The van der Waals surface area contributed by atoms with Crippen LogP contribution in [0.4, 0.5) is 24.5 Å². The van der Waals surface area contributed by atoms with Crippen molar-refractivity contribution in [2.75, 3.05) is 37.6 Å². The number of aryl methyl sites for hydroxylation is 1. The number of carbonyl (C=O) groups is 2. The lowest BCUT2D eigenvalue weighted by Gasteiger charge is -2.36. The van der Waals surface area contributed by atoms with Crippen LogP contribution >= 0.6 is 0 Å². The average Bonchev–Trinajstić information content (AvgIpc) is 2.78. The van der Waals surface area contributed by atoms with Gasteiger partial charge in [0.25, 0.3) is 11.6 Å². The van der Waals surface area contributed by atoms with Crippen LogP contribution in [0.3, 0.4) is 0 Å². The molecule has 2 aromatic rings. The minimum absolute atomic E-state index is 0.0884. The number of alkyl halides is 3. The van der Waals surface area contributed by atoms with Crippen molar-refractivity contribution < 1.29 is 27.7 Å². The fourth-order valence-electron chi connectivity index (χ4n) is 3.64. The van der Waals surface area contributed by atoms with Gasteiger partial charge in [0, 0.05) is 50.8 Å². The van der Waals surface area contributed by atoms with Crippen molar-refractivity contribution in [3.05, 3.63) is 69.3 Å². The van der Waals surface area contributed by atoms with Gasteiger partial charge in [-0.15, -0.1) is 0 Å². The number of anilines is 1. The monoisotopic (exact) mass is 464 g/mol. The molecular weight excluding hydrogens is 441 g/mol. The normalized spacial score (nSPS) is 14.2. The predicted octanol–water partition coefficient (Wildman–Crippen LogP) is 3.39. The number of nitro groups is 1. The average molecular weight is 464 g/mol. The third kappa shape index (κ3) is 5.99. The van der Waals surface area contributed by atoms with Crippen molar-refractivity contribution >= 4 is 23.2 Å². The van der Waals surface area contributed by atoms with E-state index >= 15 is 0 Å². The third-order valence-electron chi connectivity index (χ3n) is 5.38. The van der Waals surface area contributed by atoms with E-state index in [1.165, 1.54) is 0 Å². The molecular formula is C22H23F3N4O4. The predicted molar refractivity (Wildman–Crippen MR) is 115 cm³/mol. The summed E-state index contributed by atoms with van der Waals surface area (Å²) in [6, 6.07) is 9.52. The van der Waals surface area contributed by atoms with Crippen LogP contribution in [0.1, 0.15) is 27.9 Å². The lowest BCUT2D eigenvalue weighted by atomic mass is 10.1. The number of benzene rings is 2. The van der Waals surface area contributed by atoms with Gasteiger partial charge in [-0.3, -0.25) is 19.7 Å². The van der Waals surface area contributed by atoms with Crippen LogP contribution in [0.25, 0.3) is 0 Å². The molecule has 1 fully saturated rings. The summed E-state index contributed by atoms with van der Waals surface area (Å²) < 4.78 is 38.7. The first-order valence-corrected chi connectivity index (χ1v) is 10.3. The minimum Gasteiger partial charge on any atom is -0.362 e. The molecule has 2 amide bonds. The minimum atomic E-state index is -4.68. The summed E-state index contributed by atoms with van der Waals surface area (Å²) in [4.78, 5) is 38.3. The number of piperazine rings is 1. The van der Waals surface area contributed by atoms with E-state index in [1.54, 1.807) is 28.0 Å². The van der Waals surface area contributed by atoms with Gasteiger partial charge in [-0.05, 0) is 31.2 Å². The van der Waals surface area contributed by atoms with Crippen molar-refractivity contribution in [2.24, 2.45) is 0 Å². The van der Waals surface area contributed by atoms with E-state index in [-0.39, 0.29) is 56.6 Å². The third-order valence-corrected chi connectivity index (χ3v) is 5.38. The number of nitrogens with zero attached hydrogens (tertiary/aromatic N) is 3. The highest BCUT2D eigenvalue weighted by Gasteiger charge is 2.34. The zero-order chi connectivity index (χ0) is 24.2. The van der Waals surface area contributed by atoms with E-state index in [4.69, 9.17) is 0 Å². The Bertz CT molecular complexity index is 1050. The fraction of sp³-hybridized carbons (Fsp3) is 0.364. The Morgan fingerprint density at radius 3 is 2.39 bits per heavy atom. The fourth-order valence-corrected chi connectivity index (χ4v) is 3.64. The Labute approximate surface area is 188 Å². The molecule has 0 saturated carbocycles. The van der Waals surface area contributed by atoms with Crippen molar-refractivity contribution in [3.8, 4) is 0 Å². The molecule has 1 N–H and O–H groups in total. The summed E-state index contributed by atoms with van der Waals surface area (Å²) in [5.74, 6) is -0.452. The molecule has 176 valence electrons. The highest BCUT2D eigenvalue weighted by molar-refractivity contribution is 5.94. The number of carbonyl (C=O) groups excluding carboxylic acids is 2. The van der Waals surface area contributed by atoms with E-state index in [0.29, 0.717) is 11.6 Å². The van der Waals surface area contributed by atoms with Gasteiger partial charge >= 0.3 is 6.18 Å². The van der Waals surface area contributed by atoms with Crippen molar-refractivity contribution in [3.63, 3.8) is 0 Å². The first-order valence-electron chi connectivity index (χ1n) is 10.3. The second kappa shape index (κ2) is 9.88. The Hall–Kier alpha value is -3.63. The summed E-state index contributed by atoms with van der Waals surface area (Å²) in [5, 5.41) is 14.0. The number of hydrogen-bond donors (Lipinski definition) is 1. The maximum absolute atomic E-state index is 12.9. The highest BCUT2D eigenvalue weighted by atomic mass is 19.4. The first-order chi connectivity index (χ1) is 15.6. The van der Waals surface area contributed by atoms with Crippen LogP contribution < -0.4 is 10.2 Å². The summed E-state index contributed by atoms with van der Waals surface area (Å²) in [6.45, 7) is 3.06. The van der Waals surface area contributed by atoms with Gasteiger partial charge in [-0.2, -0.15) is 13.2 Å². The molecule has 3 rings (SSSR count). The quantitative estimate of drug-likeness (QED) is 0.522. The maximum Gasteiger partial charge on any atom is 0.416 e. The number of nitro benzene ring substituents is 1. The van der Waals surface area contributed by atoms with Crippen LogP contribution in [0, 0.1) is 17.0 Å². The zero-order valence-electron chi connectivity index (χ0n) is 17.9. The molecule has 2 aromatic carbocycles. The lowest BCUT2D eigenvalue weighted by molar-refractivity contribution is -0.384. The van der Waals surface area contributed by atoms with E-state index in [2.05, 4.69) is 5.32 Å². The van der Waals surface area contributed by atoms with Gasteiger partial charge in [-0.25, -0.2) is 0 Å². The van der Waals surface area contributed by atoms with Crippen molar-refractivity contribution in [1.29, 1.82) is 0 Å². The molecule has 33 heavy (non-hydrogen) atoms. The summed E-state index contributed by atoms with van der Waals surface area (Å²) in [7, 11) is 0. The number of nitrogens with one attached hydrogen (secondary N) is 1. The Kier molecular flexibility index (Phi) is 7.19. The molecule has 0 unspecified atom stereocenters. The molecule has 0 spiro atoms. The number of halogens is 3. The van der Waals surface area contributed by atoms with Gasteiger partial charge < -0.3 is 15.1 Å². The summed E-state index contributed by atoms with van der Waals surface area (Å²) in [5.41, 5.74) is -0.160. The van der Waals surface area contributed by atoms with Crippen LogP contribution in [0.5, 0.6) is 0 Å². The van der Waals surface area contributed by atoms with Crippen LogP contribution in [0.2, 0.25) is 0 Å². The molecule has 0 bridgehead atoms. The van der Waals surface area contributed by atoms with Crippen LogP contribution in [-0.2, 0) is 11.0 Å². The highest BCUT2D eigenvalue weighted by Crippen LogP contribution is 2.36. The molecule has 0 aromatic heterocycles. The topological polar surface area (TPSA) is 95.8 Å². The van der Waals surface area contributed by atoms with Gasteiger partial charge in [0.1, 0.15) is 5.69 Å². The molecule has 1 heterocycles. The SMILES string of the molecule is Cc1cccc(C(=O)NCCC(=O)N2CCN(c3ccc(C(F)(F)F)cc3[N+](=O)[O-])CC2)c1. The van der Waals surface area contributed by atoms with Gasteiger partial charge in [0.05, 0.1) is 10.5 Å². The number of hydrogen-bond acceptors (Lipinski definition) is 5. The molecule has 11 heteroatoms. The Morgan fingerprint density at radius 1 is 1.09 bits per heavy atom. The summed E-state index contributed by atoms with van der Waals surface area (Å²) in [6.07, 6.45) is -4.58. The van der Waals surface area contributed by atoms with Gasteiger partial charge in [-0.1, -0.05) is 17.7 Å². The van der Waals surface area contributed by atoms with E-state index in [9.17, 15) is 32.9 Å². The van der Waals surface area contributed by atoms with Gasteiger partial charge in [0.2, 0.25) is 5.91 Å². The van der Waals surface area contributed by atoms with Crippen LogP contribution in [0.15, 0.2) is 42.5 Å². The van der Waals surface area contributed by atoms with Crippen LogP contribution in [-0.4, -0.2) is 54.4 Å².